The van der Waals surface area contributed by atoms with E-state index >= 15 is 0 Å². The molecule has 0 radical (unpaired) electrons. The minimum Gasteiger partial charge on any atom is -0.372 e. The molecule has 1 N–H and O–H groups in total. The highest BCUT2D eigenvalue weighted by Gasteiger charge is 2.25. The van der Waals surface area contributed by atoms with Gasteiger partial charge in [0.15, 0.2) is 0 Å². The maximum Gasteiger partial charge on any atom is 0.204 e. The van der Waals surface area contributed by atoms with Crippen LogP contribution in [0.4, 0.5) is 0 Å². The first-order valence-electron chi connectivity index (χ1n) is 6.98. The Labute approximate surface area is 118 Å². The molecule has 0 bridgehead atoms. The zero-order chi connectivity index (χ0) is 13.8. The molecule has 1 aromatic heterocycles. The van der Waals surface area contributed by atoms with Crippen LogP contribution in [0.15, 0.2) is 30.3 Å². The molecular weight excluding hydrogens is 254 g/mol. The summed E-state index contributed by atoms with van der Waals surface area (Å²) in [6.07, 6.45) is 2.63. The second-order valence-corrected chi connectivity index (χ2v) is 5.05. The lowest BCUT2D eigenvalue weighted by Crippen LogP contribution is -2.25. The van der Waals surface area contributed by atoms with Crippen LogP contribution in [-0.2, 0) is 11.3 Å². The molecule has 1 aliphatic heterocycles. The fourth-order valence-corrected chi connectivity index (χ4v) is 2.50. The van der Waals surface area contributed by atoms with Crippen LogP contribution in [-0.4, -0.2) is 46.0 Å². The molecular formula is C14H19N5O. The molecule has 1 aromatic carbocycles. The van der Waals surface area contributed by atoms with E-state index in [4.69, 9.17) is 4.74 Å². The summed E-state index contributed by atoms with van der Waals surface area (Å²) in [6.45, 7) is 1.57. The molecule has 0 saturated carbocycles. The van der Waals surface area contributed by atoms with E-state index in [2.05, 4.69) is 20.7 Å². The van der Waals surface area contributed by atoms with Crippen LogP contribution in [0.2, 0.25) is 0 Å². The predicted octanol–water partition coefficient (Wildman–Crippen LogP) is 1.11. The first kappa shape index (κ1) is 13.2. The first-order valence-corrected chi connectivity index (χ1v) is 6.98. The summed E-state index contributed by atoms with van der Waals surface area (Å²) in [5.41, 5.74) is 0.985. The molecule has 2 heterocycles. The second kappa shape index (κ2) is 6.11. The summed E-state index contributed by atoms with van der Waals surface area (Å²) in [5.74, 6) is 0.662. The van der Waals surface area contributed by atoms with Crippen LogP contribution in [0, 0.1) is 0 Å². The lowest BCUT2D eigenvalue weighted by Gasteiger charge is -2.12. The van der Waals surface area contributed by atoms with E-state index in [1.807, 2.05) is 37.4 Å². The molecule has 0 amide bonds. The molecule has 106 valence electrons. The smallest absolute Gasteiger partial charge is 0.204 e. The van der Waals surface area contributed by atoms with Gasteiger partial charge in [0.25, 0.3) is 0 Å². The van der Waals surface area contributed by atoms with Gasteiger partial charge in [-0.15, -0.1) is 10.2 Å². The Kier molecular flexibility index (Phi) is 4.03. The Hall–Kier alpha value is -1.79. The molecule has 1 fully saturated rings. The topological polar surface area (TPSA) is 64.9 Å². The summed E-state index contributed by atoms with van der Waals surface area (Å²) in [5, 5.41) is 15.8. The summed E-state index contributed by atoms with van der Waals surface area (Å²) in [4.78, 5) is 1.63. The Morgan fingerprint density at radius 2 is 2.05 bits per heavy atom. The molecule has 3 rings (SSSR count). The van der Waals surface area contributed by atoms with Gasteiger partial charge in [0.2, 0.25) is 5.82 Å². The van der Waals surface area contributed by atoms with Gasteiger partial charge in [-0.2, -0.15) is 4.80 Å². The van der Waals surface area contributed by atoms with Gasteiger partial charge in [0.05, 0.1) is 18.8 Å². The lowest BCUT2D eigenvalue weighted by atomic mass is 10.2. The molecule has 2 aromatic rings. The Balaban J connectivity index is 1.61. The number of tetrazole rings is 1. The van der Waals surface area contributed by atoms with E-state index in [1.54, 1.807) is 4.80 Å². The van der Waals surface area contributed by atoms with Gasteiger partial charge in [-0.3, -0.25) is 0 Å². The van der Waals surface area contributed by atoms with Crippen molar-refractivity contribution in [2.75, 3.05) is 13.6 Å². The van der Waals surface area contributed by atoms with Gasteiger partial charge in [-0.1, -0.05) is 30.3 Å². The lowest BCUT2D eigenvalue weighted by molar-refractivity contribution is 0.0325. The number of aromatic nitrogens is 4. The van der Waals surface area contributed by atoms with Crippen molar-refractivity contribution in [3.8, 4) is 11.4 Å². The Morgan fingerprint density at radius 3 is 2.85 bits per heavy atom. The summed E-state index contributed by atoms with van der Waals surface area (Å²) in [7, 11) is 1.95. The molecule has 0 spiro atoms. The van der Waals surface area contributed by atoms with E-state index in [1.165, 1.54) is 0 Å². The number of hydrogen-bond donors (Lipinski definition) is 1. The van der Waals surface area contributed by atoms with Crippen molar-refractivity contribution in [3.05, 3.63) is 30.3 Å². The Morgan fingerprint density at radius 1 is 1.25 bits per heavy atom. The zero-order valence-electron chi connectivity index (χ0n) is 11.6. The van der Waals surface area contributed by atoms with Crippen LogP contribution in [0.25, 0.3) is 11.4 Å². The van der Waals surface area contributed by atoms with Crippen molar-refractivity contribution < 1.29 is 4.74 Å². The molecule has 2 unspecified atom stereocenters. The highest BCUT2D eigenvalue weighted by Crippen LogP contribution is 2.20. The SMILES string of the molecule is CNCC1CCC(Cn2nnc(-c3ccccc3)n2)O1. The summed E-state index contributed by atoms with van der Waals surface area (Å²) < 4.78 is 5.93. The number of hydrogen-bond acceptors (Lipinski definition) is 5. The third-order valence-electron chi connectivity index (χ3n) is 3.48. The normalized spacial score (nSPS) is 22.2. The summed E-state index contributed by atoms with van der Waals surface area (Å²) >= 11 is 0. The van der Waals surface area contributed by atoms with Crippen molar-refractivity contribution in [1.29, 1.82) is 0 Å². The largest absolute Gasteiger partial charge is 0.372 e. The van der Waals surface area contributed by atoms with Gasteiger partial charge >= 0.3 is 0 Å². The zero-order valence-corrected chi connectivity index (χ0v) is 11.6. The highest BCUT2D eigenvalue weighted by atomic mass is 16.5. The molecule has 6 heteroatoms. The van der Waals surface area contributed by atoms with Crippen LogP contribution < -0.4 is 5.32 Å². The van der Waals surface area contributed by atoms with Crippen molar-refractivity contribution >= 4 is 0 Å². The third kappa shape index (κ3) is 3.02. The van der Waals surface area contributed by atoms with Crippen molar-refractivity contribution in [2.45, 2.75) is 31.6 Å². The predicted molar refractivity (Wildman–Crippen MR) is 75.1 cm³/mol. The number of nitrogens with zero attached hydrogens (tertiary/aromatic N) is 4. The number of nitrogens with one attached hydrogen (secondary N) is 1. The second-order valence-electron chi connectivity index (χ2n) is 5.05. The highest BCUT2D eigenvalue weighted by molar-refractivity contribution is 5.52. The molecule has 6 nitrogen and oxygen atoms in total. The van der Waals surface area contributed by atoms with Crippen molar-refractivity contribution in [3.63, 3.8) is 0 Å². The summed E-state index contributed by atoms with van der Waals surface area (Å²) in [6, 6.07) is 9.88. The van der Waals surface area contributed by atoms with E-state index < -0.39 is 0 Å². The average molecular weight is 273 g/mol. The van der Waals surface area contributed by atoms with E-state index in [0.29, 0.717) is 18.5 Å². The minimum absolute atomic E-state index is 0.186. The fraction of sp³-hybridized carbons (Fsp3) is 0.500. The standard InChI is InChI=1S/C14H19N5O/c1-15-9-12-7-8-13(20-12)10-19-17-14(16-18-19)11-5-3-2-4-6-11/h2-6,12-13,15H,7-10H2,1H3. The van der Waals surface area contributed by atoms with E-state index in [0.717, 1.165) is 24.9 Å². The molecule has 1 aliphatic rings. The van der Waals surface area contributed by atoms with Crippen molar-refractivity contribution in [2.24, 2.45) is 0 Å². The minimum atomic E-state index is 0.186. The maximum atomic E-state index is 5.93. The van der Waals surface area contributed by atoms with Gasteiger partial charge in [-0.25, -0.2) is 0 Å². The number of rotatable bonds is 5. The quantitative estimate of drug-likeness (QED) is 0.884. The van der Waals surface area contributed by atoms with Crippen LogP contribution in [0.1, 0.15) is 12.8 Å². The molecule has 20 heavy (non-hydrogen) atoms. The van der Waals surface area contributed by atoms with Gasteiger partial charge in [0, 0.05) is 12.1 Å². The molecule has 1 saturated heterocycles. The number of ether oxygens (including phenoxy) is 1. The molecule has 0 aliphatic carbocycles. The van der Waals surface area contributed by atoms with Crippen LogP contribution in [0.3, 0.4) is 0 Å². The Bertz CT molecular complexity index is 542. The monoisotopic (exact) mass is 273 g/mol. The van der Waals surface area contributed by atoms with E-state index in [-0.39, 0.29) is 6.10 Å². The molecule has 2 atom stereocenters. The fourth-order valence-electron chi connectivity index (χ4n) is 2.50. The first-order chi connectivity index (χ1) is 9.85. The van der Waals surface area contributed by atoms with Gasteiger partial charge in [-0.05, 0) is 25.1 Å². The van der Waals surface area contributed by atoms with Crippen LogP contribution in [0.5, 0.6) is 0 Å². The number of benzene rings is 1. The van der Waals surface area contributed by atoms with E-state index in [9.17, 15) is 0 Å². The van der Waals surface area contributed by atoms with Crippen LogP contribution >= 0.6 is 0 Å². The average Bonchev–Trinajstić information content (AvgIpc) is 3.11. The van der Waals surface area contributed by atoms with Crippen molar-refractivity contribution in [1.82, 2.24) is 25.5 Å². The van der Waals surface area contributed by atoms with Gasteiger partial charge in [0.1, 0.15) is 0 Å². The number of likely N-dealkylation sites (N-methyl/N-ethyl adjacent to an activating group) is 1. The maximum absolute atomic E-state index is 5.93. The van der Waals surface area contributed by atoms with Gasteiger partial charge < -0.3 is 10.1 Å². The third-order valence-corrected chi connectivity index (χ3v) is 3.48.